The minimum Gasteiger partial charge on any atom is -0.432 e. The Morgan fingerprint density at radius 2 is 1.96 bits per heavy atom. The number of rotatable bonds is 7. The van der Waals surface area contributed by atoms with E-state index in [0.29, 0.717) is 0 Å². The van der Waals surface area contributed by atoms with Gasteiger partial charge in [0.25, 0.3) is 0 Å². The second-order valence-corrected chi connectivity index (χ2v) is 12.0. The fraction of sp³-hybridized carbons (Fsp3) is 0.500. The van der Waals surface area contributed by atoms with Crippen LogP contribution in [0, 0.1) is 0 Å². The summed E-state index contributed by atoms with van der Waals surface area (Å²) in [5, 5.41) is 1.09. The predicted octanol–water partition coefficient (Wildman–Crippen LogP) is 3.43. The first-order valence-electron chi connectivity index (χ1n) is 8.19. The minimum atomic E-state index is -2.16. The Bertz CT molecular complexity index is 699. The standard InChI is InChI=1S/C18H28N2O2Si/c1-18(2,23(3,4)22)10-7-11-20-13-14(12-17(19)21)15-8-5-6-9-16(15)20/h5-6,8-9,13,22H,7,10-12H2,1-4H3,(H2,19,21). The van der Waals surface area contributed by atoms with E-state index >= 15 is 0 Å². The summed E-state index contributed by atoms with van der Waals surface area (Å²) in [6.07, 6.45) is 4.30. The third kappa shape index (κ3) is 4.03. The number of para-hydroxylation sites is 1. The molecule has 0 bridgehead atoms. The van der Waals surface area contributed by atoms with Crippen molar-refractivity contribution in [2.75, 3.05) is 0 Å². The van der Waals surface area contributed by atoms with Gasteiger partial charge in [-0.2, -0.15) is 0 Å². The smallest absolute Gasteiger partial charge is 0.221 e. The number of fused-ring (bicyclic) bond motifs is 1. The van der Waals surface area contributed by atoms with E-state index in [-0.39, 0.29) is 17.4 Å². The monoisotopic (exact) mass is 332 g/mol. The summed E-state index contributed by atoms with van der Waals surface area (Å²) < 4.78 is 2.20. The average Bonchev–Trinajstić information content (AvgIpc) is 2.75. The van der Waals surface area contributed by atoms with Crippen molar-refractivity contribution in [2.45, 2.75) is 57.8 Å². The van der Waals surface area contributed by atoms with Crippen LogP contribution in [-0.2, 0) is 17.8 Å². The molecule has 2 rings (SSSR count). The summed E-state index contributed by atoms with van der Waals surface area (Å²) >= 11 is 0. The van der Waals surface area contributed by atoms with Crippen LogP contribution in [0.4, 0.5) is 0 Å². The van der Waals surface area contributed by atoms with Crippen LogP contribution in [0.3, 0.4) is 0 Å². The molecule has 126 valence electrons. The Morgan fingerprint density at radius 1 is 1.30 bits per heavy atom. The molecule has 1 aromatic heterocycles. The highest BCUT2D eigenvalue weighted by Crippen LogP contribution is 2.40. The number of aromatic nitrogens is 1. The van der Waals surface area contributed by atoms with Gasteiger partial charge in [-0.3, -0.25) is 4.79 Å². The maximum Gasteiger partial charge on any atom is 0.221 e. The number of amides is 1. The van der Waals surface area contributed by atoms with Crippen LogP contribution in [-0.4, -0.2) is 23.6 Å². The van der Waals surface area contributed by atoms with Crippen molar-refractivity contribution in [1.82, 2.24) is 4.57 Å². The molecule has 0 fully saturated rings. The van der Waals surface area contributed by atoms with Crippen molar-refractivity contribution in [3.8, 4) is 0 Å². The number of hydrogen-bond acceptors (Lipinski definition) is 2. The van der Waals surface area contributed by atoms with E-state index < -0.39 is 8.32 Å². The van der Waals surface area contributed by atoms with Gasteiger partial charge in [-0.05, 0) is 42.6 Å². The van der Waals surface area contributed by atoms with Gasteiger partial charge in [0.2, 0.25) is 5.91 Å². The fourth-order valence-corrected chi connectivity index (χ4v) is 3.62. The quantitative estimate of drug-likeness (QED) is 0.763. The van der Waals surface area contributed by atoms with Gasteiger partial charge < -0.3 is 15.1 Å². The van der Waals surface area contributed by atoms with Gasteiger partial charge >= 0.3 is 0 Å². The minimum absolute atomic E-state index is 0.00793. The highest BCUT2D eigenvalue weighted by atomic mass is 28.4. The van der Waals surface area contributed by atoms with Crippen molar-refractivity contribution in [3.05, 3.63) is 36.0 Å². The molecule has 3 N–H and O–H groups in total. The lowest BCUT2D eigenvalue weighted by molar-refractivity contribution is -0.117. The summed E-state index contributed by atoms with van der Waals surface area (Å²) in [5.74, 6) is -0.304. The lowest BCUT2D eigenvalue weighted by Crippen LogP contribution is -2.39. The molecular weight excluding hydrogens is 304 g/mol. The van der Waals surface area contributed by atoms with Gasteiger partial charge in [-0.15, -0.1) is 0 Å². The normalized spacial score (nSPS) is 12.7. The first-order chi connectivity index (χ1) is 10.6. The molecule has 2 aromatic rings. The molecule has 0 aliphatic heterocycles. The Kier molecular flexibility index (Phi) is 5.01. The van der Waals surface area contributed by atoms with Gasteiger partial charge in [0.05, 0.1) is 6.42 Å². The molecule has 0 aliphatic rings. The molecule has 1 heterocycles. The Labute approximate surface area is 139 Å². The number of nitrogens with zero attached hydrogens (tertiary/aromatic N) is 1. The van der Waals surface area contributed by atoms with Crippen LogP contribution in [0.25, 0.3) is 10.9 Å². The molecule has 1 amide bonds. The number of nitrogens with two attached hydrogens (primary N) is 1. The number of carbonyl (C=O) groups excluding carboxylic acids is 1. The van der Waals surface area contributed by atoms with Gasteiger partial charge in [-0.1, -0.05) is 32.0 Å². The summed E-state index contributed by atoms with van der Waals surface area (Å²) in [7, 11) is -2.16. The van der Waals surface area contributed by atoms with E-state index in [4.69, 9.17) is 5.73 Å². The molecule has 0 atom stereocenters. The van der Waals surface area contributed by atoms with E-state index in [2.05, 4.69) is 24.5 Å². The zero-order valence-electron chi connectivity index (χ0n) is 14.6. The lowest BCUT2D eigenvalue weighted by Gasteiger charge is -2.35. The van der Waals surface area contributed by atoms with Crippen molar-refractivity contribution in [1.29, 1.82) is 0 Å². The van der Waals surface area contributed by atoms with E-state index in [1.807, 2.05) is 37.5 Å². The Balaban J connectivity index is 2.16. The second-order valence-electron chi connectivity index (χ2n) is 7.55. The van der Waals surface area contributed by atoms with E-state index in [0.717, 1.165) is 35.9 Å². The van der Waals surface area contributed by atoms with Gasteiger partial charge in [0, 0.05) is 23.6 Å². The molecular formula is C18H28N2O2Si. The molecule has 23 heavy (non-hydrogen) atoms. The van der Waals surface area contributed by atoms with Crippen LogP contribution < -0.4 is 5.73 Å². The topological polar surface area (TPSA) is 68.2 Å². The second kappa shape index (κ2) is 6.49. The fourth-order valence-electron chi connectivity index (χ4n) is 2.83. The maximum atomic E-state index is 11.3. The zero-order valence-corrected chi connectivity index (χ0v) is 15.6. The van der Waals surface area contributed by atoms with E-state index in [9.17, 15) is 9.59 Å². The summed E-state index contributed by atoms with van der Waals surface area (Å²) in [6, 6.07) is 8.12. The molecule has 0 radical (unpaired) electrons. The van der Waals surface area contributed by atoms with Crippen LogP contribution in [0.1, 0.15) is 32.3 Å². The third-order valence-corrected chi connectivity index (χ3v) is 8.66. The molecule has 4 nitrogen and oxygen atoms in total. The first kappa shape index (κ1) is 17.8. The Hall–Kier alpha value is -1.59. The Morgan fingerprint density at radius 3 is 2.57 bits per heavy atom. The summed E-state index contributed by atoms with van der Waals surface area (Å²) in [5.41, 5.74) is 7.49. The number of benzene rings is 1. The molecule has 0 spiro atoms. The van der Waals surface area contributed by atoms with Gasteiger partial charge in [-0.25, -0.2) is 0 Å². The number of primary amides is 1. The van der Waals surface area contributed by atoms with Crippen molar-refractivity contribution in [3.63, 3.8) is 0 Å². The molecule has 0 saturated carbocycles. The SMILES string of the molecule is CC(C)(CCCn1cc(CC(N)=O)c2ccccc21)[Si](C)(C)O. The first-order valence-corrected chi connectivity index (χ1v) is 11.1. The largest absolute Gasteiger partial charge is 0.432 e. The number of aryl methyl sites for hydroxylation is 1. The predicted molar refractivity (Wildman–Crippen MR) is 97.8 cm³/mol. The summed E-state index contributed by atoms with van der Waals surface area (Å²) in [4.78, 5) is 21.7. The van der Waals surface area contributed by atoms with Gasteiger partial charge in [0.1, 0.15) is 0 Å². The molecule has 1 aromatic carbocycles. The summed E-state index contributed by atoms with van der Waals surface area (Å²) in [6.45, 7) is 9.20. The van der Waals surface area contributed by atoms with E-state index in [1.165, 1.54) is 0 Å². The van der Waals surface area contributed by atoms with Crippen LogP contribution >= 0.6 is 0 Å². The molecule has 0 aliphatic carbocycles. The highest BCUT2D eigenvalue weighted by molar-refractivity contribution is 6.72. The number of carbonyl (C=O) groups is 1. The third-order valence-electron chi connectivity index (χ3n) is 5.09. The van der Waals surface area contributed by atoms with E-state index in [1.54, 1.807) is 0 Å². The molecule has 0 saturated heterocycles. The maximum absolute atomic E-state index is 11.3. The number of hydrogen-bond donors (Lipinski definition) is 2. The van der Waals surface area contributed by atoms with Gasteiger partial charge in [0.15, 0.2) is 8.32 Å². The molecule has 0 unspecified atom stereocenters. The van der Waals surface area contributed by atoms with Crippen molar-refractivity contribution in [2.24, 2.45) is 5.73 Å². The zero-order chi connectivity index (χ0) is 17.3. The lowest BCUT2D eigenvalue weighted by atomic mass is 10.1. The van der Waals surface area contributed by atoms with Crippen LogP contribution in [0.15, 0.2) is 30.5 Å². The van der Waals surface area contributed by atoms with Crippen LogP contribution in [0.2, 0.25) is 18.1 Å². The molecule has 5 heteroatoms. The van der Waals surface area contributed by atoms with Crippen LogP contribution in [0.5, 0.6) is 0 Å². The van der Waals surface area contributed by atoms with Crippen molar-refractivity contribution < 1.29 is 9.59 Å². The average molecular weight is 333 g/mol. The van der Waals surface area contributed by atoms with Crippen molar-refractivity contribution >= 4 is 25.1 Å². The highest BCUT2D eigenvalue weighted by Gasteiger charge is 2.37.